The van der Waals surface area contributed by atoms with E-state index >= 15 is 0 Å². The molecular weight excluding hydrogens is 462 g/mol. The minimum atomic E-state index is -0.397. The standard InChI is InChI=1S/C28H29NO7/c1-32-23-12-9-19(15-24(23)33-2)10-13-27(31)29-21-14-18(8-11-22(21)30)6-7-20-16-25(34-3)28(36-5)26(17-20)35-4/h6-17,30H,1-5H3,(H,29,31)/b7-6+,13-10+. The normalized spacial score (nSPS) is 10.9. The van der Waals surface area contributed by atoms with E-state index in [1.54, 1.807) is 72.0 Å². The Morgan fingerprint density at radius 1 is 0.667 bits per heavy atom. The van der Waals surface area contributed by atoms with Gasteiger partial charge in [-0.25, -0.2) is 0 Å². The van der Waals surface area contributed by atoms with Crippen LogP contribution in [0.2, 0.25) is 0 Å². The molecule has 3 aromatic rings. The van der Waals surface area contributed by atoms with Crippen LogP contribution in [0.25, 0.3) is 18.2 Å². The van der Waals surface area contributed by atoms with Gasteiger partial charge in [-0.1, -0.05) is 24.3 Å². The summed E-state index contributed by atoms with van der Waals surface area (Å²) in [6.45, 7) is 0. The van der Waals surface area contributed by atoms with Crippen molar-refractivity contribution in [1.82, 2.24) is 0 Å². The van der Waals surface area contributed by atoms with E-state index in [1.807, 2.05) is 24.3 Å². The van der Waals surface area contributed by atoms with Gasteiger partial charge in [0, 0.05) is 6.08 Å². The average molecular weight is 492 g/mol. The number of hydrogen-bond acceptors (Lipinski definition) is 7. The molecule has 0 spiro atoms. The van der Waals surface area contributed by atoms with Crippen LogP contribution < -0.4 is 29.0 Å². The largest absolute Gasteiger partial charge is 0.506 e. The third-order valence-corrected chi connectivity index (χ3v) is 5.27. The second-order valence-electron chi connectivity index (χ2n) is 7.51. The summed E-state index contributed by atoms with van der Waals surface area (Å²) in [5, 5.41) is 12.9. The molecule has 0 radical (unpaired) electrons. The van der Waals surface area contributed by atoms with Crippen LogP contribution in [0.15, 0.2) is 54.6 Å². The number of carbonyl (C=O) groups excluding carboxylic acids is 1. The van der Waals surface area contributed by atoms with E-state index in [0.717, 1.165) is 16.7 Å². The summed E-state index contributed by atoms with van der Waals surface area (Å²) < 4.78 is 26.6. The van der Waals surface area contributed by atoms with Crippen LogP contribution in [-0.4, -0.2) is 46.6 Å². The predicted molar refractivity (Wildman–Crippen MR) is 140 cm³/mol. The number of aromatic hydroxyl groups is 1. The Bertz CT molecular complexity index is 1260. The second-order valence-corrected chi connectivity index (χ2v) is 7.51. The molecule has 2 N–H and O–H groups in total. The number of amides is 1. The van der Waals surface area contributed by atoms with E-state index in [4.69, 9.17) is 23.7 Å². The van der Waals surface area contributed by atoms with Crippen LogP contribution in [0.1, 0.15) is 16.7 Å². The van der Waals surface area contributed by atoms with Gasteiger partial charge in [0.1, 0.15) is 5.75 Å². The van der Waals surface area contributed by atoms with Gasteiger partial charge in [0.05, 0.1) is 41.2 Å². The zero-order chi connectivity index (χ0) is 26.1. The molecule has 3 aromatic carbocycles. The monoisotopic (exact) mass is 491 g/mol. The highest BCUT2D eigenvalue weighted by Crippen LogP contribution is 2.38. The van der Waals surface area contributed by atoms with Crippen molar-refractivity contribution in [3.05, 3.63) is 71.3 Å². The maximum atomic E-state index is 12.5. The summed E-state index contributed by atoms with van der Waals surface area (Å²) in [5.74, 6) is 2.30. The van der Waals surface area contributed by atoms with Crippen molar-refractivity contribution in [2.45, 2.75) is 0 Å². The number of carbonyl (C=O) groups is 1. The first-order chi connectivity index (χ1) is 17.4. The van der Waals surface area contributed by atoms with Gasteiger partial charge in [0.2, 0.25) is 11.7 Å². The van der Waals surface area contributed by atoms with Crippen molar-refractivity contribution < 1.29 is 33.6 Å². The number of hydrogen-bond donors (Lipinski definition) is 2. The highest BCUT2D eigenvalue weighted by Gasteiger charge is 2.12. The van der Waals surface area contributed by atoms with Crippen LogP contribution in [0.4, 0.5) is 5.69 Å². The first-order valence-corrected chi connectivity index (χ1v) is 10.9. The van der Waals surface area contributed by atoms with Gasteiger partial charge in [-0.2, -0.15) is 0 Å². The molecule has 0 saturated heterocycles. The second kappa shape index (κ2) is 12.2. The number of phenols is 1. The predicted octanol–water partition coefficient (Wildman–Crippen LogP) is 5.26. The molecule has 0 atom stereocenters. The summed E-state index contributed by atoms with van der Waals surface area (Å²) in [5.41, 5.74) is 2.62. The van der Waals surface area contributed by atoms with Gasteiger partial charge >= 0.3 is 0 Å². The molecular formula is C28H29NO7. The molecule has 1 amide bonds. The van der Waals surface area contributed by atoms with Crippen molar-refractivity contribution in [1.29, 1.82) is 0 Å². The summed E-state index contributed by atoms with van der Waals surface area (Å²) in [6, 6.07) is 13.9. The van der Waals surface area contributed by atoms with E-state index in [1.165, 1.54) is 12.1 Å². The lowest BCUT2D eigenvalue weighted by Gasteiger charge is -2.12. The Kier molecular flexibility index (Phi) is 8.83. The summed E-state index contributed by atoms with van der Waals surface area (Å²) >= 11 is 0. The molecule has 0 unspecified atom stereocenters. The van der Waals surface area contributed by atoms with Crippen molar-refractivity contribution >= 4 is 29.8 Å². The Morgan fingerprint density at radius 2 is 1.22 bits per heavy atom. The summed E-state index contributed by atoms with van der Waals surface area (Å²) in [7, 11) is 7.76. The molecule has 8 heteroatoms. The van der Waals surface area contributed by atoms with Crippen molar-refractivity contribution in [3.63, 3.8) is 0 Å². The lowest BCUT2D eigenvalue weighted by molar-refractivity contribution is -0.111. The van der Waals surface area contributed by atoms with Gasteiger partial charge in [-0.05, 0) is 59.2 Å². The third kappa shape index (κ3) is 6.29. The first-order valence-electron chi connectivity index (χ1n) is 10.9. The number of rotatable bonds is 10. The van der Waals surface area contributed by atoms with Gasteiger partial charge in [0.15, 0.2) is 23.0 Å². The molecule has 0 heterocycles. The molecule has 0 aliphatic rings. The minimum Gasteiger partial charge on any atom is -0.506 e. The lowest BCUT2D eigenvalue weighted by Crippen LogP contribution is -2.08. The Balaban J connectivity index is 1.76. The summed E-state index contributed by atoms with van der Waals surface area (Å²) in [6.07, 6.45) is 6.72. The maximum Gasteiger partial charge on any atom is 0.248 e. The molecule has 0 saturated carbocycles. The fraction of sp³-hybridized carbons (Fsp3) is 0.179. The van der Waals surface area contributed by atoms with Gasteiger partial charge in [-0.3, -0.25) is 4.79 Å². The van der Waals surface area contributed by atoms with E-state index in [2.05, 4.69) is 5.32 Å². The molecule has 3 rings (SSSR count). The number of benzene rings is 3. The van der Waals surface area contributed by atoms with Crippen LogP contribution in [0.3, 0.4) is 0 Å². The molecule has 8 nitrogen and oxygen atoms in total. The zero-order valence-corrected chi connectivity index (χ0v) is 20.8. The first kappa shape index (κ1) is 26.0. The molecule has 188 valence electrons. The number of anilines is 1. The zero-order valence-electron chi connectivity index (χ0n) is 20.8. The smallest absolute Gasteiger partial charge is 0.248 e. The Morgan fingerprint density at radius 3 is 1.83 bits per heavy atom. The van der Waals surface area contributed by atoms with Gasteiger partial charge < -0.3 is 34.1 Å². The van der Waals surface area contributed by atoms with Crippen molar-refractivity contribution in [2.75, 3.05) is 40.9 Å². The minimum absolute atomic E-state index is 0.0483. The number of nitrogens with one attached hydrogen (secondary N) is 1. The Hall–Kier alpha value is -4.59. The van der Waals surface area contributed by atoms with E-state index in [9.17, 15) is 9.90 Å². The number of phenolic OH excluding ortho intramolecular Hbond substituents is 1. The average Bonchev–Trinajstić information content (AvgIpc) is 2.91. The SMILES string of the molecule is COc1ccc(/C=C/C(=O)Nc2cc(/C=C/c3cc(OC)c(OC)c(OC)c3)ccc2O)cc1OC. The van der Waals surface area contributed by atoms with Crippen LogP contribution in [0, 0.1) is 0 Å². The van der Waals surface area contributed by atoms with E-state index in [-0.39, 0.29) is 11.4 Å². The lowest BCUT2D eigenvalue weighted by atomic mass is 10.1. The molecule has 0 aliphatic carbocycles. The molecule has 36 heavy (non-hydrogen) atoms. The van der Waals surface area contributed by atoms with Gasteiger partial charge in [0.25, 0.3) is 0 Å². The third-order valence-electron chi connectivity index (χ3n) is 5.27. The fourth-order valence-corrected chi connectivity index (χ4v) is 3.45. The van der Waals surface area contributed by atoms with Crippen molar-refractivity contribution in [3.8, 4) is 34.5 Å². The van der Waals surface area contributed by atoms with Crippen LogP contribution in [-0.2, 0) is 4.79 Å². The maximum absolute atomic E-state index is 12.5. The highest BCUT2D eigenvalue weighted by atomic mass is 16.5. The molecule has 0 aliphatic heterocycles. The van der Waals surface area contributed by atoms with Gasteiger partial charge in [-0.15, -0.1) is 0 Å². The number of methoxy groups -OCH3 is 5. The van der Waals surface area contributed by atoms with Crippen LogP contribution in [0.5, 0.6) is 34.5 Å². The van der Waals surface area contributed by atoms with E-state index < -0.39 is 5.91 Å². The fourth-order valence-electron chi connectivity index (χ4n) is 3.45. The quantitative estimate of drug-likeness (QED) is 0.227. The van der Waals surface area contributed by atoms with E-state index in [0.29, 0.717) is 28.7 Å². The van der Waals surface area contributed by atoms with Crippen LogP contribution >= 0.6 is 0 Å². The molecule has 0 bridgehead atoms. The number of ether oxygens (including phenoxy) is 5. The molecule has 0 fully saturated rings. The highest BCUT2D eigenvalue weighted by molar-refractivity contribution is 6.03. The topological polar surface area (TPSA) is 95.5 Å². The Labute approximate surface area is 210 Å². The molecule has 0 aromatic heterocycles. The summed E-state index contributed by atoms with van der Waals surface area (Å²) in [4.78, 5) is 12.5. The van der Waals surface area contributed by atoms with Crippen molar-refractivity contribution in [2.24, 2.45) is 0 Å².